The van der Waals surface area contributed by atoms with Crippen LogP contribution < -0.4 is 5.76 Å². The van der Waals surface area contributed by atoms with Gasteiger partial charge in [0.05, 0.1) is 29.8 Å². The predicted molar refractivity (Wildman–Crippen MR) is 109 cm³/mol. The summed E-state index contributed by atoms with van der Waals surface area (Å²) in [5.74, 6) is -1.20. The Morgan fingerprint density at radius 1 is 1.23 bits per heavy atom. The molecule has 0 fully saturated rings. The number of para-hydroxylation sites is 2. The molecule has 9 nitrogen and oxygen atoms in total. The van der Waals surface area contributed by atoms with Gasteiger partial charge in [0, 0.05) is 13.6 Å². The molecule has 2 aromatic carbocycles. The largest absolute Gasteiger partial charge is 0.462 e. The standard InChI is InChI=1S/C19H19ClN2O7S/c1-21(27-2)30(25,26)17-12-13(8-9-14(17)20)18(23)28-11-5-10-22-15-6-3-4-7-16(15)29-19(22)24/h3-4,6-9,12H,5,10-11H2,1-2H3. The Balaban J connectivity index is 1.66. The second-order valence-electron chi connectivity index (χ2n) is 6.22. The van der Waals surface area contributed by atoms with Crippen molar-refractivity contribution in [3.05, 3.63) is 63.6 Å². The zero-order valence-corrected chi connectivity index (χ0v) is 17.8. The van der Waals surface area contributed by atoms with Crippen LogP contribution in [-0.4, -0.2) is 44.2 Å². The van der Waals surface area contributed by atoms with Crippen molar-refractivity contribution < 1.29 is 27.2 Å². The van der Waals surface area contributed by atoms with Gasteiger partial charge in [0.1, 0.15) is 4.90 Å². The zero-order chi connectivity index (χ0) is 21.9. The average molecular weight is 455 g/mol. The van der Waals surface area contributed by atoms with Gasteiger partial charge in [0.2, 0.25) is 0 Å². The number of hydrogen-bond acceptors (Lipinski definition) is 7. The molecular weight excluding hydrogens is 436 g/mol. The smallest absolute Gasteiger partial charge is 0.419 e. The first-order valence-corrected chi connectivity index (χ1v) is 10.7. The number of carbonyl (C=O) groups excluding carboxylic acids is 1. The third kappa shape index (κ3) is 4.41. The number of nitrogens with zero attached hydrogens (tertiary/aromatic N) is 2. The topological polar surface area (TPSA) is 108 Å². The lowest BCUT2D eigenvalue weighted by molar-refractivity contribution is -0.0258. The van der Waals surface area contributed by atoms with E-state index in [-0.39, 0.29) is 22.1 Å². The molecular formula is C19H19ClN2O7S. The number of ether oxygens (including phenoxy) is 1. The van der Waals surface area contributed by atoms with Crippen molar-refractivity contribution in [1.82, 2.24) is 9.04 Å². The van der Waals surface area contributed by atoms with Gasteiger partial charge < -0.3 is 9.15 Å². The minimum absolute atomic E-state index is 0.0213. The number of hydroxylamine groups is 1. The van der Waals surface area contributed by atoms with Gasteiger partial charge in [-0.3, -0.25) is 9.40 Å². The van der Waals surface area contributed by atoms with E-state index in [0.29, 0.717) is 28.5 Å². The summed E-state index contributed by atoms with van der Waals surface area (Å²) in [7, 11) is -1.63. The van der Waals surface area contributed by atoms with Crippen molar-refractivity contribution in [2.45, 2.75) is 17.9 Å². The van der Waals surface area contributed by atoms with Crippen molar-refractivity contribution >= 4 is 38.7 Å². The molecule has 0 spiro atoms. The molecule has 0 N–H and O–H groups in total. The zero-order valence-electron chi connectivity index (χ0n) is 16.2. The van der Waals surface area contributed by atoms with Crippen LogP contribution in [0.15, 0.2) is 56.6 Å². The molecule has 3 rings (SSSR count). The average Bonchev–Trinajstić information content (AvgIpc) is 3.05. The molecule has 0 saturated carbocycles. The summed E-state index contributed by atoms with van der Waals surface area (Å²) in [4.78, 5) is 28.7. The summed E-state index contributed by atoms with van der Waals surface area (Å²) in [6.07, 6.45) is 0.361. The number of halogens is 1. The lowest BCUT2D eigenvalue weighted by Crippen LogP contribution is -2.26. The van der Waals surface area contributed by atoms with Gasteiger partial charge in [-0.2, -0.15) is 0 Å². The molecule has 0 aliphatic carbocycles. The molecule has 0 amide bonds. The molecule has 0 bridgehead atoms. The first-order valence-electron chi connectivity index (χ1n) is 8.84. The quantitative estimate of drug-likeness (QED) is 0.292. The Bertz CT molecular complexity index is 1230. The van der Waals surface area contributed by atoms with Gasteiger partial charge in [-0.05, 0) is 36.8 Å². The van der Waals surface area contributed by atoms with Crippen molar-refractivity contribution in [1.29, 1.82) is 0 Å². The maximum atomic E-state index is 12.4. The minimum Gasteiger partial charge on any atom is -0.462 e. The normalized spacial score (nSPS) is 11.9. The number of sulfonamides is 1. The molecule has 0 aliphatic heterocycles. The van der Waals surface area contributed by atoms with Crippen molar-refractivity contribution in [2.24, 2.45) is 0 Å². The van der Waals surface area contributed by atoms with Gasteiger partial charge in [0.15, 0.2) is 5.58 Å². The SMILES string of the molecule is CON(C)S(=O)(=O)c1cc(C(=O)OCCCn2c(=O)oc3ccccc32)ccc1Cl. The number of carbonyl (C=O) groups is 1. The number of oxazole rings is 1. The Hall–Kier alpha value is -2.66. The molecule has 11 heteroatoms. The van der Waals surface area contributed by atoms with Gasteiger partial charge in [-0.1, -0.05) is 28.2 Å². The maximum absolute atomic E-state index is 12.4. The first-order chi connectivity index (χ1) is 14.3. The predicted octanol–water partition coefficient (Wildman–Crippen LogP) is 2.68. The van der Waals surface area contributed by atoms with Gasteiger partial charge in [0.25, 0.3) is 10.0 Å². The number of fused-ring (bicyclic) bond motifs is 1. The highest BCUT2D eigenvalue weighted by Crippen LogP contribution is 2.25. The van der Waals surface area contributed by atoms with E-state index in [0.717, 1.165) is 6.07 Å². The molecule has 160 valence electrons. The van der Waals surface area contributed by atoms with Gasteiger partial charge in [-0.25, -0.2) is 18.0 Å². The number of aromatic nitrogens is 1. The van der Waals surface area contributed by atoms with E-state index in [1.165, 1.54) is 30.9 Å². The van der Waals surface area contributed by atoms with Crippen LogP contribution in [0.5, 0.6) is 0 Å². The molecule has 0 atom stereocenters. The van der Waals surface area contributed by atoms with E-state index in [9.17, 15) is 18.0 Å². The monoisotopic (exact) mass is 454 g/mol. The number of rotatable bonds is 8. The Labute approximate surface area is 177 Å². The van der Waals surface area contributed by atoms with Crippen LogP contribution in [0.25, 0.3) is 11.1 Å². The molecule has 3 aromatic rings. The fourth-order valence-corrected chi connectivity index (χ4v) is 4.23. The molecule has 1 aromatic heterocycles. The Morgan fingerprint density at radius 2 is 1.97 bits per heavy atom. The molecule has 0 unspecified atom stereocenters. The van der Waals surface area contributed by atoms with Crippen LogP contribution in [0.4, 0.5) is 0 Å². The van der Waals surface area contributed by atoms with E-state index in [1.54, 1.807) is 24.3 Å². The van der Waals surface area contributed by atoms with E-state index in [2.05, 4.69) is 0 Å². The minimum atomic E-state index is -4.03. The lowest BCUT2D eigenvalue weighted by atomic mass is 10.2. The van der Waals surface area contributed by atoms with Crippen LogP contribution >= 0.6 is 11.6 Å². The summed E-state index contributed by atoms with van der Waals surface area (Å²) in [5.41, 5.74) is 1.16. The van der Waals surface area contributed by atoms with Gasteiger partial charge in [-0.15, -0.1) is 0 Å². The molecule has 1 heterocycles. The van der Waals surface area contributed by atoms with Crippen molar-refractivity contribution in [3.63, 3.8) is 0 Å². The second kappa shape index (κ2) is 9.00. The van der Waals surface area contributed by atoms with E-state index in [4.69, 9.17) is 25.6 Å². The molecule has 0 saturated heterocycles. The van der Waals surface area contributed by atoms with Crippen LogP contribution in [0, 0.1) is 0 Å². The van der Waals surface area contributed by atoms with Crippen molar-refractivity contribution in [3.8, 4) is 0 Å². The number of aryl methyl sites for hydroxylation is 1. The summed E-state index contributed by atoms with van der Waals surface area (Å²) in [5, 5.41) is -0.0540. The highest BCUT2D eigenvalue weighted by atomic mass is 35.5. The van der Waals surface area contributed by atoms with Crippen LogP contribution in [0.1, 0.15) is 16.8 Å². The highest BCUT2D eigenvalue weighted by molar-refractivity contribution is 7.89. The third-order valence-electron chi connectivity index (χ3n) is 4.37. The molecule has 0 radical (unpaired) electrons. The number of esters is 1. The molecule has 30 heavy (non-hydrogen) atoms. The summed E-state index contributed by atoms with van der Waals surface area (Å²) >= 11 is 5.98. The van der Waals surface area contributed by atoms with E-state index < -0.39 is 21.7 Å². The van der Waals surface area contributed by atoms with Crippen LogP contribution in [-0.2, 0) is 26.1 Å². The summed E-state index contributed by atoms with van der Waals surface area (Å²) in [6.45, 7) is 0.315. The Morgan fingerprint density at radius 3 is 2.70 bits per heavy atom. The van der Waals surface area contributed by atoms with Crippen molar-refractivity contribution in [2.75, 3.05) is 20.8 Å². The Kier molecular flexibility index (Phi) is 6.61. The fourth-order valence-electron chi connectivity index (χ4n) is 2.76. The van der Waals surface area contributed by atoms with E-state index in [1.807, 2.05) is 0 Å². The highest BCUT2D eigenvalue weighted by Gasteiger charge is 2.25. The van der Waals surface area contributed by atoms with Crippen LogP contribution in [0.3, 0.4) is 0 Å². The van der Waals surface area contributed by atoms with Gasteiger partial charge >= 0.3 is 11.7 Å². The first kappa shape index (κ1) is 22.0. The fraction of sp³-hybridized carbons (Fsp3) is 0.263. The summed E-state index contributed by atoms with van der Waals surface area (Å²) in [6, 6.07) is 10.8. The number of benzene rings is 2. The maximum Gasteiger partial charge on any atom is 0.419 e. The third-order valence-corrected chi connectivity index (χ3v) is 6.53. The summed E-state index contributed by atoms with van der Waals surface area (Å²) < 4.78 is 37.3. The molecule has 0 aliphatic rings. The van der Waals surface area contributed by atoms with E-state index >= 15 is 0 Å². The lowest BCUT2D eigenvalue weighted by Gasteiger charge is -2.15. The van der Waals surface area contributed by atoms with Crippen LogP contribution in [0.2, 0.25) is 5.02 Å². The second-order valence-corrected chi connectivity index (χ2v) is 8.53. The number of hydrogen-bond donors (Lipinski definition) is 0.